The van der Waals surface area contributed by atoms with Gasteiger partial charge in [0.1, 0.15) is 5.82 Å². The first kappa shape index (κ1) is 18.5. The van der Waals surface area contributed by atoms with Crippen LogP contribution in [-0.2, 0) is 6.54 Å². The molecule has 2 fully saturated rings. The average Bonchev–Trinajstić information content (AvgIpc) is 3.00. The lowest BCUT2D eigenvalue weighted by Gasteiger charge is -2.32. The highest BCUT2D eigenvalue weighted by Crippen LogP contribution is 2.43. The molecule has 2 aliphatic heterocycles. The summed E-state index contributed by atoms with van der Waals surface area (Å²) < 4.78 is 0. The van der Waals surface area contributed by atoms with E-state index >= 15 is 0 Å². The van der Waals surface area contributed by atoms with Crippen LogP contribution in [0.15, 0.2) is 48.7 Å². The zero-order chi connectivity index (χ0) is 18.9. The highest BCUT2D eigenvalue weighted by Gasteiger charge is 2.40. The summed E-state index contributed by atoms with van der Waals surface area (Å²) in [4.78, 5) is 12.2. The van der Waals surface area contributed by atoms with Crippen LogP contribution in [0, 0.1) is 5.41 Å². The van der Waals surface area contributed by atoms with E-state index in [1.807, 2.05) is 0 Å². The van der Waals surface area contributed by atoms with Crippen molar-refractivity contribution < 1.29 is 0 Å². The summed E-state index contributed by atoms with van der Waals surface area (Å²) in [5.74, 6) is 1.66. The van der Waals surface area contributed by atoms with Gasteiger partial charge in [-0.25, -0.2) is 4.98 Å². The maximum absolute atomic E-state index is 4.82. The monoisotopic (exact) mass is 364 g/mol. The van der Waals surface area contributed by atoms with E-state index < -0.39 is 0 Å². The lowest BCUT2D eigenvalue weighted by atomic mass is 9.78. The second kappa shape index (κ2) is 7.61. The molecule has 0 N–H and O–H groups in total. The minimum atomic E-state index is 0.252. The van der Waals surface area contributed by atoms with Crippen LogP contribution in [0.2, 0.25) is 0 Å². The number of hydrogen-bond acceptors (Lipinski definition) is 4. The molecule has 0 radical (unpaired) electrons. The molecule has 2 saturated heterocycles. The van der Waals surface area contributed by atoms with Crippen molar-refractivity contribution in [1.82, 2.24) is 14.8 Å². The number of hydrogen-bond donors (Lipinski definition) is 0. The maximum Gasteiger partial charge on any atom is 0.128 e. The topological polar surface area (TPSA) is 22.6 Å². The Bertz CT molecular complexity index is 733. The molecule has 27 heavy (non-hydrogen) atoms. The zero-order valence-electron chi connectivity index (χ0n) is 16.9. The molecule has 4 rings (SSSR count). The van der Waals surface area contributed by atoms with Crippen molar-refractivity contribution in [3.63, 3.8) is 0 Å². The van der Waals surface area contributed by atoms with Gasteiger partial charge in [0.05, 0.1) is 0 Å². The van der Waals surface area contributed by atoms with Crippen LogP contribution >= 0.6 is 0 Å². The van der Waals surface area contributed by atoms with Crippen molar-refractivity contribution in [2.24, 2.45) is 5.41 Å². The van der Waals surface area contributed by atoms with Gasteiger partial charge < -0.3 is 9.80 Å². The Morgan fingerprint density at radius 2 is 1.74 bits per heavy atom. The average molecular weight is 365 g/mol. The largest absolute Gasteiger partial charge is 0.355 e. The van der Waals surface area contributed by atoms with Crippen molar-refractivity contribution in [3.8, 4) is 0 Å². The van der Waals surface area contributed by atoms with Crippen LogP contribution in [0.4, 0.5) is 5.82 Å². The Kier molecular flexibility index (Phi) is 5.20. The van der Waals surface area contributed by atoms with E-state index in [9.17, 15) is 0 Å². The summed E-state index contributed by atoms with van der Waals surface area (Å²) in [7, 11) is 2.20. The molecule has 0 amide bonds. The predicted octanol–water partition coefficient (Wildman–Crippen LogP) is 3.46. The molecule has 1 atom stereocenters. The van der Waals surface area contributed by atoms with Gasteiger partial charge in [0.25, 0.3) is 0 Å². The van der Waals surface area contributed by atoms with Crippen LogP contribution in [-0.4, -0.2) is 61.1 Å². The maximum atomic E-state index is 4.82. The first-order valence-electron chi connectivity index (χ1n) is 10.2. The number of anilines is 1. The van der Waals surface area contributed by atoms with Gasteiger partial charge in [-0.2, -0.15) is 0 Å². The van der Waals surface area contributed by atoms with Crippen molar-refractivity contribution >= 4 is 5.82 Å². The third kappa shape index (κ3) is 4.17. The van der Waals surface area contributed by atoms with E-state index in [4.69, 9.17) is 4.98 Å². The Hall–Kier alpha value is -1.91. The van der Waals surface area contributed by atoms with Crippen molar-refractivity contribution in [1.29, 1.82) is 0 Å². The summed E-state index contributed by atoms with van der Waals surface area (Å²) in [6, 6.07) is 15.4. The molecular formula is C23H32N4. The van der Waals surface area contributed by atoms with Gasteiger partial charge in [0.2, 0.25) is 0 Å². The highest BCUT2D eigenvalue weighted by molar-refractivity contribution is 5.44. The van der Waals surface area contributed by atoms with E-state index in [0.717, 1.165) is 51.6 Å². The van der Waals surface area contributed by atoms with Gasteiger partial charge in [-0.05, 0) is 29.7 Å². The van der Waals surface area contributed by atoms with Crippen LogP contribution in [0.25, 0.3) is 0 Å². The summed E-state index contributed by atoms with van der Waals surface area (Å²) in [5.41, 5.74) is 3.01. The lowest BCUT2D eigenvalue weighted by molar-refractivity contribution is 0.148. The minimum absolute atomic E-state index is 0.252. The number of benzene rings is 1. The third-order valence-corrected chi connectivity index (χ3v) is 6.28. The molecule has 3 heterocycles. The molecule has 4 nitrogen and oxygen atoms in total. The normalized spacial score (nSPS) is 23.7. The van der Waals surface area contributed by atoms with Gasteiger partial charge in [0, 0.05) is 57.9 Å². The predicted molar refractivity (Wildman–Crippen MR) is 112 cm³/mol. The fourth-order valence-electron chi connectivity index (χ4n) is 4.51. The van der Waals surface area contributed by atoms with Crippen molar-refractivity contribution in [3.05, 3.63) is 59.8 Å². The molecule has 4 heteroatoms. The van der Waals surface area contributed by atoms with Crippen molar-refractivity contribution in [2.75, 3.05) is 51.2 Å². The molecule has 144 valence electrons. The van der Waals surface area contributed by atoms with E-state index in [1.54, 1.807) is 0 Å². The Labute approximate surface area is 163 Å². The standard InChI is InChI=1S/C23H32N4/c1-23(2)18-27(17-21(23)20-7-5-4-6-8-20)22-10-9-19(15-24-22)16-26-13-11-25(3)12-14-26/h4-10,15,21H,11-14,16-18H2,1-3H3/t21-/m1/s1. The van der Waals surface area contributed by atoms with Gasteiger partial charge in [-0.1, -0.05) is 50.2 Å². The number of pyridine rings is 1. The first-order valence-corrected chi connectivity index (χ1v) is 10.2. The summed E-state index contributed by atoms with van der Waals surface area (Å²) in [5, 5.41) is 0. The molecule has 2 aromatic rings. The molecule has 0 aliphatic carbocycles. The fraction of sp³-hybridized carbons (Fsp3) is 0.522. The summed E-state index contributed by atoms with van der Waals surface area (Å²) in [6.07, 6.45) is 2.08. The lowest BCUT2D eigenvalue weighted by Crippen LogP contribution is -2.43. The number of likely N-dealkylation sites (N-methyl/N-ethyl adjacent to an activating group) is 1. The quantitative estimate of drug-likeness (QED) is 0.829. The Morgan fingerprint density at radius 3 is 2.41 bits per heavy atom. The molecular weight excluding hydrogens is 332 g/mol. The second-order valence-corrected chi connectivity index (χ2v) is 8.94. The Balaban J connectivity index is 1.42. The molecule has 0 spiro atoms. The first-order chi connectivity index (χ1) is 13.0. The van der Waals surface area contributed by atoms with Crippen LogP contribution in [0.5, 0.6) is 0 Å². The summed E-state index contributed by atoms with van der Waals surface area (Å²) >= 11 is 0. The molecule has 0 bridgehead atoms. The van der Waals surface area contributed by atoms with E-state index in [0.29, 0.717) is 5.92 Å². The van der Waals surface area contributed by atoms with Gasteiger partial charge >= 0.3 is 0 Å². The van der Waals surface area contributed by atoms with Gasteiger partial charge in [0.15, 0.2) is 0 Å². The van der Waals surface area contributed by atoms with Crippen molar-refractivity contribution in [2.45, 2.75) is 26.3 Å². The highest BCUT2D eigenvalue weighted by atomic mass is 15.2. The smallest absolute Gasteiger partial charge is 0.128 e. The Morgan fingerprint density at radius 1 is 1.00 bits per heavy atom. The van der Waals surface area contributed by atoms with Crippen LogP contribution < -0.4 is 4.90 Å². The van der Waals surface area contributed by atoms with Gasteiger partial charge in [-0.15, -0.1) is 0 Å². The fourth-order valence-corrected chi connectivity index (χ4v) is 4.51. The molecule has 1 aromatic heterocycles. The van der Waals surface area contributed by atoms with Crippen LogP contribution in [0.1, 0.15) is 30.9 Å². The minimum Gasteiger partial charge on any atom is -0.355 e. The van der Waals surface area contributed by atoms with Gasteiger partial charge in [-0.3, -0.25) is 4.90 Å². The summed E-state index contributed by atoms with van der Waals surface area (Å²) in [6.45, 7) is 12.5. The molecule has 2 aliphatic rings. The molecule has 0 saturated carbocycles. The molecule has 0 unspecified atom stereocenters. The van der Waals surface area contributed by atoms with E-state index in [1.165, 1.54) is 11.1 Å². The zero-order valence-corrected chi connectivity index (χ0v) is 16.9. The number of nitrogens with zero attached hydrogens (tertiary/aromatic N) is 4. The third-order valence-electron chi connectivity index (χ3n) is 6.28. The van der Waals surface area contributed by atoms with E-state index in [-0.39, 0.29) is 5.41 Å². The number of piperazine rings is 1. The number of rotatable bonds is 4. The number of aromatic nitrogens is 1. The van der Waals surface area contributed by atoms with Crippen LogP contribution in [0.3, 0.4) is 0 Å². The molecule has 1 aromatic carbocycles. The SMILES string of the molecule is CN1CCN(Cc2ccc(N3C[C@H](c4ccccc4)C(C)(C)C3)nc2)CC1. The second-order valence-electron chi connectivity index (χ2n) is 8.94. The van der Waals surface area contributed by atoms with E-state index in [2.05, 4.69) is 84.3 Å².